The summed E-state index contributed by atoms with van der Waals surface area (Å²) >= 11 is 1.25. The molecule has 1 aliphatic heterocycles. The minimum atomic E-state index is -0.393. The first-order chi connectivity index (χ1) is 15.5. The van der Waals surface area contributed by atoms with Crippen molar-refractivity contribution in [1.29, 1.82) is 0 Å². The number of nitrogens with one attached hydrogen (secondary N) is 1. The summed E-state index contributed by atoms with van der Waals surface area (Å²) in [4.78, 5) is 29.8. The van der Waals surface area contributed by atoms with E-state index >= 15 is 0 Å². The van der Waals surface area contributed by atoms with Crippen LogP contribution in [0.1, 0.15) is 42.4 Å². The molecule has 0 aliphatic carbocycles. The van der Waals surface area contributed by atoms with Gasteiger partial charge in [0.05, 0.1) is 12.2 Å². The van der Waals surface area contributed by atoms with Crippen molar-refractivity contribution in [3.05, 3.63) is 81.4 Å². The number of carbonyl (C=O) groups excluding carboxylic acids is 1. The Kier molecular flexibility index (Phi) is 6.60. The average molecular weight is 454 g/mol. The van der Waals surface area contributed by atoms with E-state index in [0.717, 1.165) is 17.7 Å². The number of anilines is 1. The highest BCUT2D eigenvalue weighted by Crippen LogP contribution is 2.36. The fourth-order valence-corrected chi connectivity index (χ4v) is 4.67. The molecule has 1 aliphatic rings. The molecule has 0 saturated heterocycles. The third kappa shape index (κ3) is 4.55. The molecular formula is C24H24FN3O3S. The van der Waals surface area contributed by atoms with Crippen LogP contribution >= 0.6 is 11.8 Å². The monoisotopic (exact) mass is 453 g/mol. The number of halogens is 1. The number of nitrogens with zero attached hydrogens (tertiary/aromatic N) is 2. The van der Waals surface area contributed by atoms with Crippen LogP contribution in [-0.2, 0) is 17.6 Å². The third-order valence-electron chi connectivity index (χ3n) is 5.37. The van der Waals surface area contributed by atoms with Gasteiger partial charge in [-0.25, -0.2) is 4.39 Å². The van der Waals surface area contributed by atoms with E-state index in [2.05, 4.69) is 10.3 Å². The van der Waals surface area contributed by atoms with E-state index in [0.29, 0.717) is 34.5 Å². The van der Waals surface area contributed by atoms with Gasteiger partial charge >= 0.3 is 0 Å². The van der Waals surface area contributed by atoms with Gasteiger partial charge in [0.25, 0.3) is 5.56 Å². The summed E-state index contributed by atoms with van der Waals surface area (Å²) in [5, 5.41) is 3.25. The topological polar surface area (TPSA) is 73.2 Å². The van der Waals surface area contributed by atoms with Crippen molar-refractivity contribution in [2.24, 2.45) is 7.05 Å². The maximum Gasteiger partial charge on any atom is 0.279 e. The number of fused-ring (bicyclic) bond motifs is 1. The summed E-state index contributed by atoms with van der Waals surface area (Å²) in [5.74, 6) is 0.650. The van der Waals surface area contributed by atoms with E-state index in [-0.39, 0.29) is 23.7 Å². The highest BCUT2D eigenvalue weighted by molar-refractivity contribution is 7.98. The van der Waals surface area contributed by atoms with Crippen LogP contribution in [0.2, 0.25) is 0 Å². The van der Waals surface area contributed by atoms with E-state index in [9.17, 15) is 14.0 Å². The molecule has 1 amide bonds. The summed E-state index contributed by atoms with van der Waals surface area (Å²) in [6.07, 6.45) is 1.08. The van der Waals surface area contributed by atoms with Crippen LogP contribution in [0.15, 0.2) is 58.5 Å². The van der Waals surface area contributed by atoms with Crippen molar-refractivity contribution in [1.82, 2.24) is 9.55 Å². The molecule has 8 heteroatoms. The molecule has 0 unspecified atom stereocenters. The lowest BCUT2D eigenvalue weighted by Crippen LogP contribution is -2.33. The lowest BCUT2D eigenvalue weighted by Gasteiger charge is -2.27. The first kappa shape index (κ1) is 22.1. The highest BCUT2D eigenvalue weighted by atomic mass is 32.2. The van der Waals surface area contributed by atoms with E-state index in [4.69, 9.17) is 4.74 Å². The van der Waals surface area contributed by atoms with E-state index in [1.165, 1.54) is 17.8 Å². The lowest BCUT2D eigenvalue weighted by molar-refractivity contribution is -0.116. The van der Waals surface area contributed by atoms with Gasteiger partial charge in [0, 0.05) is 25.1 Å². The molecule has 0 saturated carbocycles. The van der Waals surface area contributed by atoms with Gasteiger partial charge in [0.15, 0.2) is 5.16 Å². The van der Waals surface area contributed by atoms with Gasteiger partial charge in [0.2, 0.25) is 5.91 Å². The second-order valence-corrected chi connectivity index (χ2v) is 8.57. The minimum Gasteiger partial charge on any atom is -0.494 e. The van der Waals surface area contributed by atoms with Crippen LogP contribution in [0.25, 0.3) is 0 Å². The van der Waals surface area contributed by atoms with Gasteiger partial charge in [-0.1, -0.05) is 49.0 Å². The second-order valence-electron chi connectivity index (χ2n) is 7.62. The molecule has 2 heterocycles. The van der Waals surface area contributed by atoms with E-state index < -0.39 is 5.92 Å². The Balaban J connectivity index is 1.65. The molecule has 0 spiro atoms. The van der Waals surface area contributed by atoms with Gasteiger partial charge in [0.1, 0.15) is 17.4 Å². The van der Waals surface area contributed by atoms with Crippen LogP contribution in [-0.4, -0.2) is 22.1 Å². The fourth-order valence-electron chi connectivity index (χ4n) is 3.72. The van der Waals surface area contributed by atoms with Crippen molar-refractivity contribution < 1.29 is 13.9 Å². The summed E-state index contributed by atoms with van der Waals surface area (Å²) in [6.45, 7) is 2.67. The summed E-state index contributed by atoms with van der Waals surface area (Å²) in [5.41, 5.74) is 1.46. The highest BCUT2D eigenvalue weighted by Gasteiger charge is 2.32. The van der Waals surface area contributed by atoms with Gasteiger partial charge in [-0.2, -0.15) is 4.98 Å². The molecule has 1 aromatic heterocycles. The second kappa shape index (κ2) is 9.56. The quantitative estimate of drug-likeness (QED) is 0.422. The molecule has 1 N–H and O–H groups in total. The van der Waals surface area contributed by atoms with Crippen LogP contribution in [0.4, 0.5) is 10.2 Å². The summed E-state index contributed by atoms with van der Waals surface area (Å²) in [7, 11) is 1.75. The van der Waals surface area contributed by atoms with Crippen LogP contribution in [0.5, 0.6) is 5.75 Å². The minimum absolute atomic E-state index is 0.167. The Bertz CT molecular complexity index is 1190. The zero-order chi connectivity index (χ0) is 22.7. The van der Waals surface area contributed by atoms with Gasteiger partial charge in [-0.05, 0) is 35.7 Å². The number of carbonyl (C=O) groups is 1. The fraction of sp³-hybridized carbons (Fsp3) is 0.292. The Morgan fingerprint density at radius 2 is 1.94 bits per heavy atom. The number of thioether (sulfide) groups is 1. The van der Waals surface area contributed by atoms with Gasteiger partial charge < -0.3 is 14.6 Å². The van der Waals surface area contributed by atoms with Crippen molar-refractivity contribution >= 4 is 23.5 Å². The summed E-state index contributed by atoms with van der Waals surface area (Å²) in [6, 6.07) is 14.0. The first-order valence-corrected chi connectivity index (χ1v) is 11.5. The first-order valence-electron chi connectivity index (χ1n) is 10.5. The molecule has 2 aromatic carbocycles. The van der Waals surface area contributed by atoms with Crippen LogP contribution < -0.4 is 15.6 Å². The number of aromatic nitrogens is 2. The normalized spacial score (nSPS) is 15.2. The molecule has 6 nitrogen and oxygen atoms in total. The number of ether oxygens (including phenoxy) is 1. The van der Waals surface area contributed by atoms with E-state index in [1.54, 1.807) is 29.8 Å². The lowest BCUT2D eigenvalue weighted by atomic mass is 9.87. The molecule has 0 fully saturated rings. The van der Waals surface area contributed by atoms with E-state index in [1.807, 2.05) is 31.2 Å². The predicted molar refractivity (Wildman–Crippen MR) is 123 cm³/mol. The van der Waals surface area contributed by atoms with Crippen molar-refractivity contribution in [3.8, 4) is 5.75 Å². The van der Waals surface area contributed by atoms with Gasteiger partial charge in [-0.15, -0.1) is 0 Å². The average Bonchev–Trinajstić information content (AvgIpc) is 2.79. The number of amides is 1. The Morgan fingerprint density at radius 1 is 1.19 bits per heavy atom. The number of hydrogen-bond acceptors (Lipinski definition) is 5. The third-order valence-corrected chi connectivity index (χ3v) is 6.45. The van der Waals surface area contributed by atoms with Crippen molar-refractivity contribution in [2.45, 2.75) is 36.6 Å². The SMILES string of the molecule is CCCOc1ccc([C@@H]2CC(=O)Nc3c2c(=O)nc(SCc2ccccc2F)n3C)cc1. The molecule has 3 aromatic rings. The molecule has 1 atom stereocenters. The molecule has 4 rings (SSSR count). The van der Waals surface area contributed by atoms with Crippen LogP contribution in [0, 0.1) is 5.82 Å². The Labute approximate surface area is 189 Å². The molecule has 32 heavy (non-hydrogen) atoms. The molecule has 166 valence electrons. The zero-order valence-corrected chi connectivity index (χ0v) is 18.7. The van der Waals surface area contributed by atoms with Gasteiger partial charge in [-0.3, -0.25) is 9.59 Å². The van der Waals surface area contributed by atoms with Crippen molar-refractivity contribution in [2.75, 3.05) is 11.9 Å². The summed E-state index contributed by atoms with van der Waals surface area (Å²) < 4.78 is 21.3. The maximum absolute atomic E-state index is 14.0. The zero-order valence-electron chi connectivity index (χ0n) is 17.9. The standard InChI is InChI=1S/C24H24FN3O3S/c1-3-12-31-17-10-8-15(9-11-17)18-13-20(29)26-22-21(18)23(30)27-24(28(22)2)32-14-16-6-4-5-7-19(16)25/h4-11,18H,3,12-14H2,1-2H3,(H,26,29)/t18-/m0/s1. The number of rotatable bonds is 7. The van der Waals surface area contributed by atoms with Crippen LogP contribution in [0.3, 0.4) is 0 Å². The Hall–Kier alpha value is -3.13. The Morgan fingerprint density at radius 3 is 2.66 bits per heavy atom. The smallest absolute Gasteiger partial charge is 0.279 e. The molecule has 0 radical (unpaired) electrons. The number of hydrogen-bond donors (Lipinski definition) is 1. The predicted octanol–water partition coefficient (Wildman–Crippen LogP) is 4.47. The molecular weight excluding hydrogens is 429 g/mol. The largest absolute Gasteiger partial charge is 0.494 e. The maximum atomic E-state index is 14.0. The molecule has 0 bridgehead atoms. The number of benzene rings is 2. The van der Waals surface area contributed by atoms with Crippen molar-refractivity contribution in [3.63, 3.8) is 0 Å².